The van der Waals surface area contributed by atoms with Crippen molar-refractivity contribution in [3.63, 3.8) is 0 Å². The third-order valence-electron chi connectivity index (χ3n) is 4.10. The third-order valence-corrected chi connectivity index (χ3v) is 4.10. The van der Waals surface area contributed by atoms with E-state index in [2.05, 4.69) is 0 Å². The summed E-state index contributed by atoms with van der Waals surface area (Å²) >= 11 is 0. The zero-order valence-electron chi connectivity index (χ0n) is 10.9. The number of fused-ring (bicyclic) bond motifs is 3. The lowest BCUT2D eigenvalue weighted by Gasteiger charge is -2.18. The first-order chi connectivity index (χ1) is 9.77. The van der Waals surface area contributed by atoms with Crippen LogP contribution in [0.3, 0.4) is 0 Å². The van der Waals surface area contributed by atoms with Crippen LogP contribution >= 0.6 is 0 Å². The van der Waals surface area contributed by atoms with Crippen LogP contribution in [-0.4, -0.2) is 18.2 Å². The molecule has 0 N–H and O–H groups in total. The van der Waals surface area contributed by atoms with E-state index in [4.69, 9.17) is 0 Å². The molecule has 0 spiro atoms. The molecule has 98 valence electrons. The standard InChI is InChI=1S/C17H13NO2/c19-15-9-4-10-18(15)14-8-3-7-12-11-5-1-2-6-13(11)17(20)16(12)14/h1-3,5-8H,4,9-10H2. The third kappa shape index (κ3) is 1.40. The Morgan fingerprint density at radius 2 is 1.60 bits per heavy atom. The lowest BCUT2D eigenvalue weighted by atomic mass is 10.0. The number of hydrogen-bond donors (Lipinski definition) is 0. The van der Waals surface area contributed by atoms with Crippen molar-refractivity contribution in [1.29, 1.82) is 0 Å². The van der Waals surface area contributed by atoms with Crippen LogP contribution in [0.2, 0.25) is 0 Å². The number of rotatable bonds is 1. The van der Waals surface area contributed by atoms with Gasteiger partial charge < -0.3 is 4.90 Å². The highest BCUT2D eigenvalue weighted by atomic mass is 16.2. The molecule has 1 amide bonds. The minimum Gasteiger partial charge on any atom is -0.312 e. The number of anilines is 1. The molecular formula is C17H13NO2. The first-order valence-corrected chi connectivity index (χ1v) is 6.85. The molecule has 0 saturated carbocycles. The van der Waals surface area contributed by atoms with Crippen molar-refractivity contribution in [3.05, 3.63) is 53.6 Å². The Morgan fingerprint density at radius 1 is 0.850 bits per heavy atom. The number of carbonyl (C=O) groups is 2. The zero-order chi connectivity index (χ0) is 13.7. The molecule has 3 heteroatoms. The first-order valence-electron chi connectivity index (χ1n) is 6.85. The molecule has 1 aliphatic heterocycles. The fraction of sp³-hybridized carbons (Fsp3) is 0.176. The Kier molecular flexibility index (Phi) is 2.30. The Labute approximate surface area is 116 Å². The minimum absolute atomic E-state index is 0.0332. The molecule has 3 nitrogen and oxygen atoms in total. The maximum absolute atomic E-state index is 12.6. The second-order valence-electron chi connectivity index (χ2n) is 5.22. The Bertz CT molecular complexity index is 748. The minimum atomic E-state index is 0.0332. The number of benzene rings is 2. The van der Waals surface area contributed by atoms with Gasteiger partial charge in [0.05, 0.1) is 11.3 Å². The first kappa shape index (κ1) is 11.4. The molecule has 1 aliphatic carbocycles. The van der Waals surface area contributed by atoms with Crippen molar-refractivity contribution in [2.45, 2.75) is 12.8 Å². The van der Waals surface area contributed by atoms with Crippen LogP contribution in [0.1, 0.15) is 28.8 Å². The van der Waals surface area contributed by atoms with Crippen molar-refractivity contribution in [3.8, 4) is 11.1 Å². The highest BCUT2D eigenvalue weighted by Crippen LogP contribution is 2.41. The van der Waals surface area contributed by atoms with E-state index in [1.54, 1.807) is 4.90 Å². The number of carbonyl (C=O) groups excluding carboxylic acids is 2. The van der Waals surface area contributed by atoms with Crippen molar-refractivity contribution in [2.75, 3.05) is 11.4 Å². The van der Waals surface area contributed by atoms with Crippen molar-refractivity contribution >= 4 is 17.4 Å². The van der Waals surface area contributed by atoms with Crippen LogP contribution in [0.25, 0.3) is 11.1 Å². The van der Waals surface area contributed by atoms with Gasteiger partial charge in [0, 0.05) is 18.5 Å². The summed E-state index contributed by atoms with van der Waals surface area (Å²) < 4.78 is 0. The lowest BCUT2D eigenvalue weighted by Crippen LogP contribution is -2.25. The highest BCUT2D eigenvalue weighted by Gasteiger charge is 2.33. The Hall–Kier alpha value is -2.42. The SMILES string of the molecule is O=C1c2ccccc2-c2cccc(N3CCCC3=O)c21. The molecule has 1 fully saturated rings. The van der Waals surface area contributed by atoms with Gasteiger partial charge in [-0.2, -0.15) is 0 Å². The molecule has 2 aromatic rings. The monoisotopic (exact) mass is 263 g/mol. The maximum atomic E-state index is 12.6. The van der Waals surface area contributed by atoms with Crippen molar-refractivity contribution in [2.24, 2.45) is 0 Å². The van der Waals surface area contributed by atoms with Crippen LogP contribution in [0, 0.1) is 0 Å². The summed E-state index contributed by atoms with van der Waals surface area (Å²) in [5, 5.41) is 0. The maximum Gasteiger partial charge on any atom is 0.227 e. The molecule has 1 saturated heterocycles. The highest BCUT2D eigenvalue weighted by molar-refractivity contribution is 6.25. The quantitative estimate of drug-likeness (QED) is 0.676. The molecule has 0 bridgehead atoms. The predicted octanol–water partition coefficient (Wildman–Crippen LogP) is 3.02. The molecular weight excluding hydrogens is 250 g/mol. The van der Waals surface area contributed by atoms with Crippen LogP contribution in [0.4, 0.5) is 5.69 Å². The van der Waals surface area contributed by atoms with E-state index in [0.29, 0.717) is 18.5 Å². The van der Waals surface area contributed by atoms with Gasteiger partial charge in [0.1, 0.15) is 0 Å². The van der Waals surface area contributed by atoms with Crippen molar-refractivity contribution < 1.29 is 9.59 Å². The summed E-state index contributed by atoms with van der Waals surface area (Å²) in [6.07, 6.45) is 1.44. The van der Waals surface area contributed by atoms with E-state index in [1.165, 1.54) is 0 Å². The van der Waals surface area contributed by atoms with Crippen molar-refractivity contribution in [1.82, 2.24) is 0 Å². The number of nitrogens with zero attached hydrogens (tertiary/aromatic N) is 1. The molecule has 2 aromatic carbocycles. The summed E-state index contributed by atoms with van der Waals surface area (Å²) in [7, 11) is 0. The van der Waals surface area contributed by atoms with Gasteiger partial charge in [0.25, 0.3) is 0 Å². The summed E-state index contributed by atoms with van der Waals surface area (Å²) in [5.74, 6) is 0.146. The van der Waals surface area contributed by atoms with Gasteiger partial charge in [-0.25, -0.2) is 0 Å². The lowest BCUT2D eigenvalue weighted by molar-refractivity contribution is -0.117. The van der Waals surface area contributed by atoms with E-state index in [1.807, 2.05) is 42.5 Å². The van der Waals surface area contributed by atoms with Gasteiger partial charge >= 0.3 is 0 Å². The fourth-order valence-electron chi connectivity index (χ4n) is 3.18. The summed E-state index contributed by atoms with van der Waals surface area (Å²) in [6, 6.07) is 13.4. The number of amides is 1. The molecule has 0 atom stereocenters. The molecule has 2 aliphatic rings. The second kappa shape index (κ2) is 4.04. The topological polar surface area (TPSA) is 37.4 Å². The van der Waals surface area contributed by atoms with Gasteiger partial charge in [0.2, 0.25) is 5.91 Å². The zero-order valence-corrected chi connectivity index (χ0v) is 10.9. The predicted molar refractivity (Wildman–Crippen MR) is 76.9 cm³/mol. The summed E-state index contributed by atoms with van der Waals surface area (Å²) in [4.78, 5) is 26.4. The Balaban J connectivity index is 1.95. The molecule has 0 unspecified atom stereocenters. The van der Waals surface area contributed by atoms with E-state index in [-0.39, 0.29) is 11.7 Å². The van der Waals surface area contributed by atoms with E-state index in [9.17, 15) is 9.59 Å². The average molecular weight is 263 g/mol. The van der Waals surface area contributed by atoms with Crippen LogP contribution in [0.15, 0.2) is 42.5 Å². The summed E-state index contributed by atoms with van der Waals surface area (Å²) in [6.45, 7) is 0.707. The van der Waals surface area contributed by atoms with Gasteiger partial charge in [-0.3, -0.25) is 9.59 Å². The average Bonchev–Trinajstić information content (AvgIpc) is 3.03. The Morgan fingerprint density at radius 3 is 2.35 bits per heavy atom. The van der Waals surface area contributed by atoms with Gasteiger partial charge in [-0.1, -0.05) is 36.4 Å². The van der Waals surface area contributed by atoms with Crippen LogP contribution in [0.5, 0.6) is 0 Å². The van der Waals surface area contributed by atoms with Crippen LogP contribution in [-0.2, 0) is 4.79 Å². The molecule has 0 aromatic heterocycles. The van der Waals surface area contributed by atoms with E-state index < -0.39 is 0 Å². The van der Waals surface area contributed by atoms with E-state index >= 15 is 0 Å². The smallest absolute Gasteiger partial charge is 0.227 e. The summed E-state index contributed by atoms with van der Waals surface area (Å²) in [5.41, 5.74) is 4.11. The molecule has 20 heavy (non-hydrogen) atoms. The molecule has 0 radical (unpaired) electrons. The second-order valence-corrected chi connectivity index (χ2v) is 5.22. The van der Waals surface area contributed by atoms with Crippen LogP contribution < -0.4 is 4.90 Å². The number of ketones is 1. The number of hydrogen-bond acceptors (Lipinski definition) is 2. The largest absolute Gasteiger partial charge is 0.312 e. The van der Waals surface area contributed by atoms with E-state index in [0.717, 1.165) is 28.8 Å². The molecule has 1 heterocycles. The normalized spacial score (nSPS) is 16.5. The van der Waals surface area contributed by atoms with Gasteiger partial charge in [-0.05, 0) is 23.6 Å². The van der Waals surface area contributed by atoms with Gasteiger partial charge in [0.15, 0.2) is 5.78 Å². The molecule has 4 rings (SSSR count). The van der Waals surface area contributed by atoms with Gasteiger partial charge in [-0.15, -0.1) is 0 Å². The fourth-order valence-corrected chi connectivity index (χ4v) is 3.18.